The van der Waals surface area contributed by atoms with Gasteiger partial charge in [-0.05, 0) is 54.1 Å². The topological polar surface area (TPSA) is 114 Å². The summed E-state index contributed by atoms with van der Waals surface area (Å²) in [5.41, 5.74) is 8.03. The number of para-hydroxylation sites is 1. The van der Waals surface area contributed by atoms with Gasteiger partial charge in [0.05, 0.1) is 22.6 Å². The Balaban J connectivity index is 1.67. The molecule has 138 valence electrons. The largest absolute Gasteiger partial charge is 0.478 e. The van der Waals surface area contributed by atoms with Gasteiger partial charge in [-0.15, -0.1) is 0 Å². The van der Waals surface area contributed by atoms with Gasteiger partial charge in [0.15, 0.2) is 0 Å². The van der Waals surface area contributed by atoms with E-state index in [1.165, 1.54) is 12.3 Å². The van der Waals surface area contributed by atoms with Crippen LogP contribution in [0.15, 0.2) is 72.9 Å². The molecule has 0 saturated heterocycles. The summed E-state index contributed by atoms with van der Waals surface area (Å²) in [6.07, 6.45) is 1.52. The first-order chi connectivity index (χ1) is 13.6. The average molecular weight is 372 g/mol. The van der Waals surface area contributed by atoms with Gasteiger partial charge in [-0.2, -0.15) is 0 Å². The first-order valence-corrected chi connectivity index (χ1v) is 8.49. The van der Waals surface area contributed by atoms with Crippen LogP contribution < -0.4 is 10.5 Å². The molecule has 0 bridgehead atoms. The summed E-state index contributed by atoms with van der Waals surface area (Å²) in [5, 5.41) is 9.59. The zero-order valence-electron chi connectivity index (χ0n) is 14.7. The lowest BCUT2D eigenvalue weighted by atomic mass is 10.1. The summed E-state index contributed by atoms with van der Waals surface area (Å²) < 4.78 is 5.78. The molecular weight excluding hydrogens is 356 g/mol. The third kappa shape index (κ3) is 3.54. The van der Waals surface area contributed by atoms with Crippen molar-refractivity contribution in [1.29, 1.82) is 0 Å². The van der Waals surface area contributed by atoms with E-state index in [-0.39, 0.29) is 11.5 Å². The van der Waals surface area contributed by atoms with Crippen molar-refractivity contribution in [2.75, 3.05) is 5.73 Å². The number of rotatable bonds is 5. The number of aromatic amines is 1. The molecule has 4 rings (SSSR count). The Morgan fingerprint density at radius 3 is 2.39 bits per heavy atom. The lowest BCUT2D eigenvalue weighted by molar-refractivity contribution is 0.0698. The van der Waals surface area contributed by atoms with E-state index in [1.54, 1.807) is 30.3 Å². The van der Waals surface area contributed by atoms with E-state index in [0.717, 1.165) is 5.75 Å². The predicted molar refractivity (Wildman–Crippen MR) is 105 cm³/mol. The first-order valence-electron chi connectivity index (χ1n) is 8.49. The van der Waals surface area contributed by atoms with Crippen molar-refractivity contribution in [1.82, 2.24) is 15.0 Å². The van der Waals surface area contributed by atoms with Crippen molar-refractivity contribution in [3.05, 3.63) is 78.5 Å². The Morgan fingerprint density at radius 2 is 1.71 bits per heavy atom. The Labute approximate surface area is 160 Å². The number of aromatic carboxylic acids is 1. The monoisotopic (exact) mass is 372 g/mol. The fourth-order valence-corrected chi connectivity index (χ4v) is 2.83. The van der Waals surface area contributed by atoms with Crippen LogP contribution in [-0.4, -0.2) is 26.0 Å². The minimum atomic E-state index is -1.04. The molecule has 0 atom stereocenters. The number of nitrogens with two attached hydrogens (primary N) is 1. The van der Waals surface area contributed by atoms with Gasteiger partial charge in [0.2, 0.25) is 5.95 Å². The van der Waals surface area contributed by atoms with Gasteiger partial charge in [0.25, 0.3) is 0 Å². The molecule has 0 unspecified atom stereocenters. The first kappa shape index (κ1) is 17.3. The maximum atomic E-state index is 11.7. The zero-order chi connectivity index (χ0) is 19.5. The number of carboxylic acids is 1. The standard InChI is InChI=1S/C21H16N4O3/c22-21-23-11-10-17(25-21)18-12-16(20(26)27)19(24-18)13-6-8-15(9-7-13)28-14-4-2-1-3-5-14/h1-12,24H,(H,26,27)(H2,22,23,25). The Morgan fingerprint density at radius 1 is 1.00 bits per heavy atom. The quantitative estimate of drug-likeness (QED) is 0.483. The van der Waals surface area contributed by atoms with Crippen LogP contribution in [0.2, 0.25) is 0 Å². The predicted octanol–water partition coefficient (Wildman–Crippen LogP) is 4.21. The summed E-state index contributed by atoms with van der Waals surface area (Å²) in [5.74, 6) is 0.462. The van der Waals surface area contributed by atoms with E-state index in [1.807, 2.05) is 30.3 Å². The SMILES string of the molecule is Nc1nccc(-c2cc(C(=O)O)c(-c3ccc(Oc4ccccc4)cc3)[nH]2)n1. The van der Waals surface area contributed by atoms with Crippen LogP contribution in [0.5, 0.6) is 11.5 Å². The molecular formula is C21H16N4O3. The van der Waals surface area contributed by atoms with E-state index in [9.17, 15) is 9.90 Å². The van der Waals surface area contributed by atoms with Gasteiger partial charge in [0.1, 0.15) is 11.5 Å². The van der Waals surface area contributed by atoms with E-state index in [0.29, 0.717) is 28.4 Å². The van der Waals surface area contributed by atoms with Crippen LogP contribution in [-0.2, 0) is 0 Å². The number of H-pyrrole nitrogens is 1. The second kappa shape index (κ2) is 7.24. The normalized spacial score (nSPS) is 10.6. The summed E-state index contributed by atoms with van der Waals surface area (Å²) in [6.45, 7) is 0. The number of carboxylic acid groups (broad SMARTS) is 1. The van der Waals surface area contributed by atoms with Gasteiger partial charge in [-0.3, -0.25) is 0 Å². The highest BCUT2D eigenvalue weighted by atomic mass is 16.5. The smallest absolute Gasteiger partial charge is 0.337 e. The number of nitrogens with zero attached hydrogens (tertiary/aromatic N) is 2. The third-order valence-corrected chi connectivity index (χ3v) is 4.12. The minimum Gasteiger partial charge on any atom is -0.478 e. The Hall–Kier alpha value is -4.13. The fourth-order valence-electron chi connectivity index (χ4n) is 2.83. The molecule has 0 fully saturated rings. The molecule has 7 heteroatoms. The molecule has 4 N–H and O–H groups in total. The number of nitrogens with one attached hydrogen (secondary N) is 1. The molecule has 0 aliphatic heterocycles. The number of benzene rings is 2. The van der Waals surface area contributed by atoms with E-state index in [2.05, 4.69) is 15.0 Å². The molecule has 2 aromatic carbocycles. The zero-order valence-corrected chi connectivity index (χ0v) is 14.7. The lowest BCUT2D eigenvalue weighted by Crippen LogP contribution is -1.96. The fraction of sp³-hybridized carbons (Fsp3) is 0. The summed E-state index contributed by atoms with van der Waals surface area (Å²) in [7, 11) is 0. The second-order valence-electron chi connectivity index (χ2n) is 6.02. The molecule has 0 aliphatic carbocycles. The van der Waals surface area contributed by atoms with Crippen molar-refractivity contribution < 1.29 is 14.6 Å². The molecule has 0 aliphatic rings. The van der Waals surface area contributed by atoms with Crippen molar-refractivity contribution in [3.63, 3.8) is 0 Å². The molecule has 0 radical (unpaired) electrons. The molecule has 2 aromatic heterocycles. The summed E-state index contributed by atoms with van der Waals surface area (Å²) in [6, 6.07) is 19.8. The number of aromatic nitrogens is 3. The number of ether oxygens (including phenoxy) is 1. The summed E-state index contributed by atoms with van der Waals surface area (Å²) >= 11 is 0. The van der Waals surface area contributed by atoms with Crippen molar-refractivity contribution in [3.8, 4) is 34.1 Å². The molecule has 0 spiro atoms. The molecule has 2 heterocycles. The van der Waals surface area contributed by atoms with E-state index < -0.39 is 5.97 Å². The van der Waals surface area contributed by atoms with Crippen LogP contribution >= 0.6 is 0 Å². The number of nitrogen functional groups attached to an aromatic ring is 1. The molecule has 4 aromatic rings. The minimum absolute atomic E-state index is 0.118. The number of hydrogen-bond donors (Lipinski definition) is 3. The number of anilines is 1. The number of hydrogen-bond acceptors (Lipinski definition) is 5. The maximum absolute atomic E-state index is 11.7. The van der Waals surface area contributed by atoms with Crippen LogP contribution in [0, 0.1) is 0 Å². The van der Waals surface area contributed by atoms with Crippen molar-refractivity contribution >= 4 is 11.9 Å². The molecule has 28 heavy (non-hydrogen) atoms. The number of carbonyl (C=O) groups is 1. The van der Waals surface area contributed by atoms with Crippen LogP contribution in [0.25, 0.3) is 22.6 Å². The Bertz CT molecular complexity index is 1120. The van der Waals surface area contributed by atoms with Gasteiger partial charge in [0, 0.05) is 6.20 Å². The highest BCUT2D eigenvalue weighted by molar-refractivity contribution is 5.97. The molecule has 7 nitrogen and oxygen atoms in total. The van der Waals surface area contributed by atoms with Gasteiger partial charge < -0.3 is 20.6 Å². The Kier molecular flexibility index (Phi) is 4.47. The molecule has 0 saturated carbocycles. The van der Waals surface area contributed by atoms with Gasteiger partial charge in [-0.1, -0.05) is 18.2 Å². The summed E-state index contributed by atoms with van der Waals surface area (Å²) in [4.78, 5) is 22.8. The van der Waals surface area contributed by atoms with Gasteiger partial charge >= 0.3 is 5.97 Å². The van der Waals surface area contributed by atoms with E-state index in [4.69, 9.17) is 10.5 Å². The van der Waals surface area contributed by atoms with Crippen molar-refractivity contribution in [2.24, 2.45) is 0 Å². The van der Waals surface area contributed by atoms with Gasteiger partial charge in [-0.25, -0.2) is 14.8 Å². The van der Waals surface area contributed by atoms with Crippen molar-refractivity contribution in [2.45, 2.75) is 0 Å². The highest BCUT2D eigenvalue weighted by Gasteiger charge is 2.17. The third-order valence-electron chi connectivity index (χ3n) is 4.12. The lowest BCUT2D eigenvalue weighted by Gasteiger charge is -2.07. The van der Waals surface area contributed by atoms with E-state index >= 15 is 0 Å². The maximum Gasteiger partial charge on any atom is 0.337 e. The van der Waals surface area contributed by atoms with Crippen LogP contribution in [0.3, 0.4) is 0 Å². The second-order valence-corrected chi connectivity index (χ2v) is 6.02. The van der Waals surface area contributed by atoms with Crippen LogP contribution in [0.1, 0.15) is 10.4 Å². The average Bonchev–Trinajstić information content (AvgIpc) is 3.15. The highest BCUT2D eigenvalue weighted by Crippen LogP contribution is 2.30. The van der Waals surface area contributed by atoms with Crippen LogP contribution in [0.4, 0.5) is 5.95 Å². The molecule has 0 amide bonds.